The largest absolute Gasteiger partial charge is 0.396 e. The summed E-state index contributed by atoms with van der Waals surface area (Å²) in [6.45, 7) is 4.99. The number of carbonyl (C=O) groups excluding carboxylic acids is 1. The van der Waals surface area contributed by atoms with Crippen LogP contribution in [0.1, 0.15) is 47.9 Å². The summed E-state index contributed by atoms with van der Waals surface area (Å²) in [5.74, 6) is -0.979. The number of amides is 1. The highest BCUT2D eigenvalue weighted by molar-refractivity contribution is 8.00. The van der Waals surface area contributed by atoms with Crippen molar-refractivity contribution in [2.75, 3.05) is 25.4 Å². The molecule has 0 unspecified atom stereocenters. The van der Waals surface area contributed by atoms with E-state index in [4.69, 9.17) is 5.11 Å². The van der Waals surface area contributed by atoms with Gasteiger partial charge < -0.3 is 15.5 Å². The zero-order chi connectivity index (χ0) is 27.5. The van der Waals surface area contributed by atoms with Crippen molar-refractivity contribution in [2.45, 2.75) is 42.9 Å². The normalized spacial score (nSPS) is 12.4. The zero-order valence-corrected chi connectivity index (χ0v) is 23.4. The average Bonchev–Trinajstić information content (AvgIpc) is 2.90. The van der Waals surface area contributed by atoms with Crippen molar-refractivity contribution >= 4 is 27.7 Å². The second-order valence-electron chi connectivity index (χ2n) is 9.28. The van der Waals surface area contributed by atoms with Gasteiger partial charge >= 0.3 is 0 Å². The summed E-state index contributed by atoms with van der Waals surface area (Å²) in [6, 6.07) is 23.2. The lowest BCUT2D eigenvalue weighted by Crippen LogP contribution is -2.33. The van der Waals surface area contributed by atoms with Gasteiger partial charge in [0.2, 0.25) is 10.0 Å². The van der Waals surface area contributed by atoms with Crippen LogP contribution < -0.4 is 10.0 Å². The SMILES string of the molecule is CC(C)Sc1cc(-c2ccc(CCNC[C@H](O)c3ccccc3)cc2)ccc1C(=O)NS(=O)(=O)CCCO. The van der Waals surface area contributed by atoms with Crippen molar-refractivity contribution in [1.82, 2.24) is 10.0 Å². The first-order chi connectivity index (χ1) is 18.2. The average molecular weight is 557 g/mol. The molecule has 0 aliphatic heterocycles. The molecule has 204 valence electrons. The van der Waals surface area contributed by atoms with E-state index in [2.05, 4.69) is 22.2 Å². The first-order valence-corrected chi connectivity index (χ1v) is 15.2. The van der Waals surface area contributed by atoms with Crippen LogP contribution in [0, 0.1) is 0 Å². The van der Waals surface area contributed by atoms with Crippen LogP contribution in [0.4, 0.5) is 0 Å². The Morgan fingerprint density at radius 1 is 0.974 bits per heavy atom. The molecule has 1 atom stereocenters. The fourth-order valence-corrected chi connectivity index (χ4v) is 5.87. The summed E-state index contributed by atoms with van der Waals surface area (Å²) in [5.41, 5.74) is 4.29. The first-order valence-electron chi connectivity index (χ1n) is 12.7. The van der Waals surface area contributed by atoms with E-state index in [0.29, 0.717) is 17.0 Å². The summed E-state index contributed by atoms with van der Waals surface area (Å²) < 4.78 is 26.4. The molecule has 3 aromatic rings. The Kier molecular flexibility index (Phi) is 11.4. The molecule has 0 heterocycles. The maximum Gasteiger partial charge on any atom is 0.265 e. The van der Waals surface area contributed by atoms with E-state index < -0.39 is 22.0 Å². The van der Waals surface area contributed by atoms with Gasteiger partial charge in [-0.3, -0.25) is 4.79 Å². The van der Waals surface area contributed by atoms with E-state index in [-0.39, 0.29) is 24.0 Å². The minimum Gasteiger partial charge on any atom is -0.396 e. The van der Waals surface area contributed by atoms with Crippen LogP contribution in [-0.2, 0) is 16.4 Å². The van der Waals surface area contributed by atoms with Gasteiger partial charge in [0, 0.05) is 23.3 Å². The van der Waals surface area contributed by atoms with Gasteiger partial charge in [0.25, 0.3) is 5.91 Å². The fourth-order valence-electron chi connectivity index (χ4n) is 3.87. The molecule has 0 aliphatic rings. The van der Waals surface area contributed by atoms with E-state index in [1.165, 1.54) is 11.8 Å². The third-order valence-corrected chi connectivity index (χ3v) is 8.19. The fraction of sp³-hybridized carbons (Fsp3) is 0.345. The minimum absolute atomic E-state index is 0.0663. The first kappa shape index (κ1) is 29.9. The highest BCUT2D eigenvalue weighted by Crippen LogP contribution is 2.32. The number of carbonyl (C=O) groups is 1. The van der Waals surface area contributed by atoms with Gasteiger partial charge in [-0.05, 0) is 53.8 Å². The Morgan fingerprint density at radius 2 is 1.66 bits per heavy atom. The number of nitrogens with one attached hydrogen (secondary N) is 2. The Bertz CT molecular complexity index is 1280. The molecule has 0 aromatic heterocycles. The molecule has 0 bridgehead atoms. The lowest BCUT2D eigenvalue weighted by atomic mass is 10.0. The molecular weight excluding hydrogens is 520 g/mol. The van der Waals surface area contributed by atoms with Crippen molar-refractivity contribution < 1.29 is 23.4 Å². The van der Waals surface area contributed by atoms with Gasteiger partial charge in [-0.2, -0.15) is 0 Å². The Balaban J connectivity index is 1.64. The summed E-state index contributed by atoms with van der Waals surface area (Å²) in [5, 5.41) is 22.7. The summed E-state index contributed by atoms with van der Waals surface area (Å²) >= 11 is 1.50. The van der Waals surface area contributed by atoms with E-state index in [9.17, 15) is 18.3 Å². The van der Waals surface area contributed by atoms with Gasteiger partial charge in [0.15, 0.2) is 0 Å². The predicted octanol–water partition coefficient (Wildman–Crippen LogP) is 4.16. The molecule has 0 fully saturated rings. The topological polar surface area (TPSA) is 116 Å². The molecular formula is C29H36N2O5S2. The van der Waals surface area contributed by atoms with Gasteiger partial charge in [-0.1, -0.05) is 74.5 Å². The molecule has 3 aromatic carbocycles. The van der Waals surface area contributed by atoms with Crippen molar-refractivity contribution in [3.8, 4) is 11.1 Å². The molecule has 38 heavy (non-hydrogen) atoms. The minimum atomic E-state index is -3.82. The predicted molar refractivity (Wildman–Crippen MR) is 154 cm³/mol. The lowest BCUT2D eigenvalue weighted by Gasteiger charge is -2.14. The Hall–Kier alpha value is -2.69. The van der Waals surface area contributed by atoms with Gasteiger partial charge in [0.1, 0.15) is 0 Å². The van der Waals surface area contributed by atoms with Crippen LogP contribution in [0.2, 0.25) is 0 Å². The number of aliphatic hydroxyl groups excluding tert-OH is 2. The summed E-state index contributed by atoms with van der Waals surface area (Å²) in [4.78, 5) is 13.5. The number of hydrogen-bond donors (Lipinski definition) is 4. The van der Waals surface area contributed by atoms with Crippen LogP contribution in [-0.4, -0.2) is 55.2 Å². The second kappa shape index (κ2) is 14.5. The maximum atomic E-state index is 12.8. The second-order valence-corrected chi connectivity index (χ2v) is 12.7. The highest BCUT2D eigenvalue weighted by Gasteiger charge is 2.20. The third-order valence-electron chi connectivity index (χ3n) is 5.81. The molecule has 0 saturated heterocycles. The Labute approximate surface area is 229 Å². The smallest absolute Gasteiger partial charge is 0.265 e. The zero-order valence-electron chi connectivity index (χ0n) is 21.8. The van der Waals surface area contributed by atoms with Crippen molar-refractivity contribution in [2.24, 2.45) is 0 Å². The summed E-state index contributed by atoms with van der Waals surface area (Å²) in [6.07, 6.45) is 0.346. The lowest BCUT2D eigenvalue weighted by molar-refractivity contribution is 0.0978. The van der Waals surface area contributed by atoms with Crippen LogP contribution in [0.5, 0.6) is 0 Å². The van der Waals surface area contributed by atoms with Gasteiger partial charge in [0.05, 0.1) is 17.4 Å². The number of thioether (sulfide) groups is 1. The Morgan fingerprint density at radius 3 is 2.32 bits per heavy atom. The quantitative estimate of drug-likeness (QED) is 0.174. The van der Waals surface area contributed by atoms with Gasteiger partial charge in [-0.15, -0.1) is 11.8 Å². The summed E-state index contributed by atoms with van der Waals surface area (Å²) in [7, 11) is -3.82. The molecule has 3 rings (SSSR count). The standard InChI is InChI=1S/C29H36N2O5S2/c1-21(2)37-28-19-25(13-14-26(28)29(34)31-38(35,36)18-6-17-32)23-11-9-22(10-12-23)15-16-30-20-27(33)24-7-4-3-5-8-24/h3-5,7-14,19,21,27,30,32-33H,6,15-18,20H2,1-2H3,(H,31,34)/t27-/m0/s1. The van der Waals surface area contributed by atoms with Crippen molar-refractivity contribution in [3.63, 3.8) is 0 Å². The number of benzene rings is 3. The molecule has 9 heteroatoms. The van der Waals surface area contributed by atoms with E-state index in [1.807, 2.05) is 68.4 Å². The van der Waals surface area contributed by atoms with Crippen LogP contribution in [0.25, 0.3) is 11.1 Å². The molecule has 7 nitrogen and oxygen atoms in total. The van der Waals surface area contributed by atoms with Crippen molar-refractivity contribution in [1.29, 1.82) is 0 Å². The third kappa shape index (κ3) is 9.25. The monoisotopic (exact) mass is 556 g/mol. The molecule has 0 spiro atoms. The number of sulfonamides is 1. The molecule has 0 aliphatic carbocycles. The van der Waals surface area contributed by atoms with E-state index in [0.717, 1.165) is 35.2 Å². The van der Waals surface area contributed by atoms with Crippen molar-refractivity contribution in [3.05, 3.63) is 89.5 Å². The maximum absolute atomic E-state index is 12.8. The number of hydrogen-bond acceptors (Lipinski definition) is 7. The molecule has 0 radical (unpaired) electrons. The van der Waals surface area contributed by atoms with E-state index in [1.54, 1.807) is 6.07 Å². The molecule has 1 amide bonds. The molecule has 0 saturated carbocycles. The van der Waals surface area contributed by atoms with E-state index >= 15 is 0 Å². The van der Waals surface area contributed by atoms with Crippen LogP contribution in [0.15, 0.2) is 77.7 Å². The number of aliphatic hydroxyl groups is 2. The van der Waals surface area contributed by atoms with Crippen LogP contribution >= 0.6 is 11.8 Å². The number of rotatable bonds is 14. The molecule has 4 N–H and O–H groups in total. The highest BCUT2D eigenvalue weighted by atomic mass is 32.2. The van der Waals surface area contributed by atoms with Gasteiger partial charge in [-0.25, -0.2) is 13.1 Å². The van der Waals surface area contributed by atoms with Crippen LogP contribution in [0.3, 0.4) is 0 Å².